The minimum absolute atomic E-state index is 0.210. The molecule has 25 heavy (non-hydrogen) atoms. The molecule has 7 heteroatoms. The van der Waals surface area contributed by atoms with Crippen molar-refractivity contribution >= 4 is 34.2 Å². The molecule has 0 atom stereocenters. The highest BCUT2D eigenvalue weighted by Crippen LogP contribution is 2.24. The average Bonchev–Trinajstić information content (AvgIpc) is 3.07. The fourth-order valence-corrected chi connectivity index (χ4v) is 2.81. The smallest absolute Gasteiger partial charge is 0.335 e. The van der Waals surface area contributed by atoms with Crippen molar-refractivity contribution in [3.8, 4) is 0 Å². The first kappa shape index (κ1) is 15.1. The SMILES string of the molecule is CCc1nnc2c3ccccc3nc(Nc3cccc(C(=O)O)c3)n12. The number of carboxylic acids is 1. The number of nitrogens with zero attached hydrogens (tertiary/aromatic N) is 4. The Kier molecular flexibility index (Phi) is 3.53. The normalized spacial score (nSPS) is 11.1. The number of hydrogen-bond acceptors (Lipinski definition) is 5. The number of para-hydroxylation sites is 1. The van der Waals surface area contributed by atoms with Crippen LogP contribution in [0.3, 0.4) is 0 Å². The highest BCUT2D eigenvalue weighted by atomic mass is 16.4. The molecular weight excluding hydrogens is 318 g/mol. The van der Waals surface area contributed by atoms with Gasteiger partial charge in [0, 0.05) is 17.5 Å². The molecule has 0 spiro atoms. The summed E-state index contributed by atoms with van der Waals surface area (Å²) in [6.45, 7) is 2.00. The largest absolute Gasteiger partial charge is 0.478 e. The summed E-state index contributed by atoms with van der Waals surface area (Å²) in [7, 11) is 0. The van der Waals surface area contributed by atoms with Crippen LogP contribution in [-0.4, -0.2) is 30.7 Å². The van der Waals surface area contributed by atoms with Crippen molar-refractivity contribution in [2.24, 2.45) is 0 Å². The number of hydrogen-bond donors (Lipinski definition) is 2. The Morgan fingerprint density at radius 3 is 2.80 bits per heavy atom. The monoisotopic (exact) mass is 333 g/mol. The van der Waals surface area contributed by atoms with E-state index < -0.39 is 5.97 Å². The van der Waals surface area contributed by atoms with Crippen LogP contribution in [0.2, 0.25) is 0 Å². The van der Waals surface area contributed by atoms with Gasteiger partial charge in [0.2, 0.25) is 5.95 Å². The third-order valence-electron chi connectivity index (χ3n) is 4.00. The van der Waals surface area contributed by atoms with E-state index in [1.807, 2.05) is 35.6 Å². The summed E-state index contributed by atoms with van der Waals surface area (Å²) < 4.78 is 1.87. The average molecular weight is 333 g/mol. The molecule has 0 unspecified atom stereocenters. The van der Waals surface area contributed by atoms with Gasteiger partial charge in [-0.2, -0.15) is 0 Å². The van der Waals surface area contributed by atoms with Crippen LogP contribution in [0.25, 0.3) is 16.6 Å². The Bertz CT molecular complexity index is 1100. The summed E-state index contributed by atoms with van der Waals surface area (Å²) in [6.07, 6.45) is 0.699. The molecule has 0 bridgehead atoms. The third kappa shape index (κ3) is 2.55. The number of fused-ring (bicyclic) bond motifs is 3. The fraction of sp³-hybridized carbons (Fsp3) is 0.111. The van der Waals surface area contributed by atoms with E-state index in [-0.39, 0.29) is 5.56 Å². The Hall–Kier alpha value is -3.48. The van der Waals surface area contributed by atoms with E-state index in [0.29, 0.717) is 18.1 Å². The van der Waals surface area contributed by atoms with Gasteiger partial charge in [0.05, 0.1) is 11.1 Å². The zero-order valence-electron chi connectivity index (χ0n) is 13.5. The Balaban J connectivity index is 1.92. The molecular formula is C18H15N5O2. The quantitative estimate of drug-likeness (QED) is 0.595. The Morgan fingerprint density at radius 2 is 2.00 bits per heavy atom. The summed E-state index contributed by atoms with van der Waals surface area (Å²) in [5, 5.41) is 21.8. The van der Waals surface area contributed by atoms with Gasteiger partial charge in [-0.25, -0.2) is 14.2 Å². The fourth-order valence-electron chi connectivity index (χ4n) is 2.81. The van der Waals surface area contributed by atoms with Crippen LogP contribution in [0.1, 0.15) is 23.1 Å². The summed E-state index contributed by atoms with van der Waals surface area (Å²) >= 11 is 0. The first-order valence-electron chi connectivity index (χ1n) is 7.90. The third-order valence-corrected chi connectivity index (χ3v) is 4.00. The molecule has 2 aromatic heterocycles. The molecule has 0 aliphatic carbocycles. The maximum absolute atomic E-state index is 11.2. The van der Waals surface area contributed by atoms with Gasteiger partial charge < -0.3 is 10.4 Å². The first-order chi connectivity index (χ1) is 12.2. The van der Waals surface area contributed by atoms with Crippen LogP contribution >= 0.6 is 0 Å². The highest BCUT2D eigenvalue weighted by molar-refractivity contribution is 5.93. The van der Waals surface area contributed by atoms with Crippen molar-refractivity contribution in [2.75, 3.05) is 5.32 Å². The maximum atomic E-state index is 11.2. The lowest BCUT2D eigenvalue weighted by molar-refractivity contribution is 0.0697. The number of rotatable bonds is 4. The molecule has 4 aromatic rings. The zero-order chi connectivity index (χ0) is 17.4. The van der Waals surface area contributed by atoms with Gasteiger partial charge in [0.15, 0.2) is 5.65 Å². The van der Waals surface area contributed by atoms with Crippen LogP contribution in [0.4, 0.5) is 11.6 Å². The van der Waals surface area contributed by atoms with Crippen LogP contribution in [-0.2, 0) is 6.42 Å². The number of benzene rings is 2. The minimum Gasteiger partial charge on any atom is -0.478 e. The highest BCUT2D eigenvalue weighted by Gasteiger charge is 2.14. The van der Waals surface area contributed by atoms with E-state index in [2.05, 4.69) is 20.5 Å². The standard InChI is InChI=1S/C18H15N5O2/c1-2-15-21-22-16-13-8-3-4-9-14(13)20-18(23(15)16)19-12-7-5-6-11(10-12)17(24)25/h3-10H,2H2,1H3,(H,19,20)(H,24,25). The molecule has 4 rings (SSSR count). The van der Waals surface area contributed by atoms with Crippen molar-refractivity contribution in [1.29, 1.82) is 0 Å². The summed E-state index contributed by atoms with van der Waals surface area (Å²) in [5.41, 5.74) is 2.36. The van der Waals surface area contributed by atoms with Crippen LogP contribution in [0.15, 0.2) is 48.5 Å². The van der Waals surface area contributed by atoms with Gasteiger partial charge in [0.25, 0.3) is 0 Å². The number of anilines is 2. The molecule has 0 amide bonds. The number of carbonyl (C=O) groups is 1. The lowest BCUT2D eigenvalue weighted by Gasteiger charge is -2.11. The van der Waals surface area contributed by atoms with Gasteiger partial charge in [-0.1, -0.05) is 25.1 Å². The van der Waals surface area contributed by atoms with Crippen molar-refractivity contribution in [2.45, 2.75) is 13.3 Å². The van der Waals surface area contributed by atoms with Crippen LogP contribution in [0.5, 0.6) is 0 Å². The Labute approximate surface area is 143 Å². The molecule has 0 fully saturated rings. The number of aromatic carboxylic acids is 1. The molecule has 7 nitrogen and oxygen atoms in total. The predicted octanol–water partition coefficient (Wildman–Crippen LogP) is 3.28. The minimum atomic E-state index is -0.973. The summed E-state index contributed by atoms with van der Waals surface area (Å²) in [5.74, 6) is 0.363. The van der Waals surface area contributed by atoms with Crippen LogP contribution in [0, 0.1) is 0 Å². The zero-order valence-corrected chi connectivity index (χ0v) is 13.5. The van der Waals surface area contributed by atoms with Crippen molar-refractivity contribution in [3.63, 3.8) is 0 Å². The van der Waals surface area contributed by atoms with Gasteiger partial charge in [-0.15, -0.1) is 10.2 Å². The molecule has 2 aromatic carbocycles. The van der Waals surface area contributed by atoms with Crippen molar-refractivity contribution in [1.82, 2.24) is 19.6 Å². The van der Waals surface area contributed by atoms with E-state index >= 15 is 0 Å². The van der Waals surface area contributed by atoms with Gasteiger partial charge >= 0.3 is 5.97 Å². The molecule has 124 valence electrons. The number of aryl methyl sites for hydroxylation is 1. The maximum Gasteiger partial charge on any atom is 0.335 e. The van der Waals surface area contributed by atoms with E-state index in [4.69, 9.17) is 5.11 Å². The van der Waals surface area contributed by atoms with Gasteiger partial charge in [-0.3, -0.25) is 0 Å². The van der Waals surface area contributed by atoms with Crippen LogP contribution < -0.4 is 5.32 Å². The number of aromatic nitrogens is 4. The second-order valence-electron chi connectivity index (χ2n) is 5.59. The Morgan fingerprint density at radius 1 is 1.16 bits per heavy atom. The van der Waals surface area contributed by atoms with Crippen molar-refractivity contribution < 1.29 is 9.90 Å². The van der Waals surface area contributed by atoms with Crippen molar-refractivity contribution in [3.05, 3.63) is 59.9 Å². The molecule has 0 radical (unpaired) electrons. The number of carboxylic acid groups (broad SMARTS) is 1. The predicted molar refractivity (Wildman–Crippen MR) is 94.4 cm³/mol. The lowest BCUT2D eigenvalue weighted by atomic mass is 10.2. The molecule has 0 saturated heterocycles. The van der Waals surface area contributed by atoms with Gasteiger partial charge in [-0.05, 0) is 30.3 Å². The molecule has 0 aliphatic heterocycles. The summed E-state index contributed by atoms with van der Waals surface area (Å²) in [4.78, 5) is 15.9. The van der Waals surface area contributed by atoms with E-state index in [0.717, 1.165) is 22.4 Å². The summed E-state index contributed by atoms with van der Waals surface area (Å²) in [6, 6.07) is 14.3. The lowest BCUT2D eigenvalue weighted by Crippen LogP contribution is -2.06. The second-order valence-corrected chi connectivity index (χ2v) is 5.59. The topological polar surface area (TPSA) is 92.4 Å². The first-order valence-corrected chi connectivity index (χ1v) is 7.90. The molecule has 0 aliphatic rings. The molecule has 0 saturated carbocycles. The van der Waals surface area contributed by atoms with Gasteiger partial charge in [0.1, 0.15) is 5.82 Å². The molecule has 2 heterocycles. The number of nitrogens with one attached hydrogen (secondary N) is 1. The van der Waals surface area contributed by atoms with E-state index in [1.54, 1.807) is 24.3 Å². The van der Waals surface area contributed by atoms with E-state index in [1.165, 1.54) is 0 Å². The second kappa shape index (κ2) is 5.86. The van der Waals surface area contributed by atoms with E-state index in [9.17, 15) is 4.79 Å². The molecule has 2 N–H and O–H groups in total.